The van der Waals surface area contributed by atoms with Crippen molar-refractivity contribution in [3.05, 3.63) is 116 Å². The maximum absolute atomic E-state index is 14.0. The van der Waals surface area contributed by atoms with E-state index in [1.807, 2.05) is 65.2 Å². The Morgan fingerprint density at radius 2 is 1.72 bits per heavy atom. The highest BCUT2D eigenvalue weighted by Crippen LogP contribution is 2.33. The third-order valence-electron chi connectivity index (χ3n) is 7.56. The number of aromatic amines is 1. The lowest BCUT2D eigenvalue weighted by Crippen LogP contribution is -2.42. The van der Waals surface area contributed by atoms with Gasteiger partial charge in [0.25, 0.3) is 5.56 Å². The van der Waals surface area contributed by atoms with E-state index in [4.69, 9.17) is 22.1 Å². The minimum Gasteiger partial charge on any atom is -0.385 e. The van der Waals surface area contributed by atoms with E-state index in [2.05, 4.69) is 35.1 Å². The number of para-hydroxylation sites is 1. The van der Waals surface area contributed by atoms with Gasteiger partial charge in [-0.1, -0.05) is 85.7 Å². The van der Waals surface area contributed by atoms with Gasteiger partial charge in [0.05, 0.1) is 18.0 Å². The second-order valence-electron chi connectivity index (χ2n) is 11.1. The molecular formula is C34H36ClN7O4S. The van der Waals surface area contributed by atoms with Crippen LogP contribution in [-0.4, -0.2) is 56.2 Å². The summed E-state index contributed by atoms with van der Waals surface area (Å²) in [4.78, 5) is 43.7. The lowest BCUT2D eigenvalue weighted by Gasteiger charge is -2.24. The molecule has 13 heteroatoms. The van der Waals surface area contributed by atoms with Crippen LogP contribution in [0, 0.1) is 0 Å². The Labute approximate surface area is 281 Å². The fraction of sp³-hybridized carbons (Fsp3) is 0.265. The van der Waals surface area contributed by atoms with Crippen molar-refractivity contribution in [2.45, 2.75) is 37.9 Å². The van der Waals surface area contributed by atoms with Crippen LogP contribution in [0.25, 0.3) is 17.1 Å². The molecule has 0 radical (unpaired) electrons. The fourth-order valence-corrected chi connectivity index (χ4v) is 6.19. The second kappa shape index (κ2) is 15.3. The summed E-state index contributed by atoms with van der Waals surface area (Å²) in [6, 6.07) is 24.6. The molecule has 0 atom stereocenters. The SMILES string of the molecule is COCCCN(C(=O)CSc1nnc(-c2ccc(Cl)cc2)n1-c1ccccc1C(C)C)c1c(N)n(Cc2ccccc2)c(=O)[nH]c1=O. The molecule has 11 nitrogen and oxygen atoms in total. The van der Waals surface area contributed by atoms with Crippen LogP contribution >= 0.6 is 23.4 Å². The largest absolute Gasteiger partial charge is 0.385 e. The number of hydrogen-bond acceptors (Lipinski definition) is 8. The molecule has 5 aromatic rings. The minimum absolute atomic E-state index is 0.0873. The first kappa shape index (κ1) is 33.7. The summed E-state index contributed by atoms with van der Waals surface area (Å²) in [6.45, 7) is 4.83. The summed E-state index contributed by atoms with van der Waals surface area (Å²) in [5.41, 5.74) is 8.57. The number of methoxy groups -OCH3 is 1. The summed E-state index contributed by atoms with van der Waals surface area (Å²) >= 11 is 7.36. The number of hydrogen-bond donors (Lipinski definition) is 2. The Bertz CT molecular complexity index is 1960. The molecule has 3 aromatic carbocycles. The van der Waals surface area contributed by atoms with E-state index in [1.54, 1.807) is 19.2 Å². The van der Waals surface area contributed by atoms with E-state index >= 15 is 0 Å². The Morgan fingerprint density at radius 1 is 1.02 bits per heavy atom. The number of thioether (sulfide) groups is 1. The molecule has 1 amide bonds. The van der Waals surface area contributed by atoms with Crippen molar-refractivity contribution in [1.29, 1.82) is 0 Å². The van der Waals surface area contributed by atoms with Crippen molar-refractivity contribution in [1.82, 2.24) is 24.3 Å². The molecule has 2 aromatic heterocycles. The average Bonchev–Trinajstić information content (AvgIpc) is 3.49. The number of halogens is 1. The van der Waals surface area contributed by atoms with Gasteiger partial charge >= 0.3 is 5.69 Å². The molecule has 3 N–H and O–H groups in total. The van der Waals surface area contributed by atoms with Crippen molar-refractivity contribution < 1.29 is 9.53 Å². The van der Waals surface area contributed by atoms with Gasteiger partial charge in [-0.25, -0.2) is 4.79 Å². The van der Waals surface area contributed by atoms with Gasteiger partial charge in [-0.3, -0.25) is 23.7 Å². The molecule has 0 bridgehead atoms. The number of aromatic nitrogens is 5. The molecule has 244 valence electrons. The van der Waals surface area contributed by atoms with E-state index in [1.165, 1.54) is 21.2 Å². The van der Waals surface area contributed by atoms with Gasteiger partial charge in [0.15, 0.2) is 16.7 Å². The molecule has 0 aliphatic heterocycles. The van der Waals surface area contributed by atoms with Crippen LogP contribution in [0.1, 0.15) is 37.3 Å². The number of nitrogens with two attached hydrogens (primary N) is 1. The molecule has 0 aliphatic rings. The van der Waals surface area contributed by atoms with Crippen LogP contribution in [-0.2, 0) is 16.1 Å². The normalized spacial score (nSPS) is 11.3. The number of nitrogens with one attached hydrogen (secondary N) is 1. The average molecular weight is 674 g/mol. The zero-order valence-electron chi connectivity index (χ0n) is 26.4. The third-order valence-corrected chi connectivity index (χ3v) is 8.72. The van der Waals surface area contributed by atoms with Crippen molar-refractivity contribution >= 4 is 40.8 Å². The van der Waals surface area contributed by atoms with Crippen molar-refractivity contribution in [3.63, 3.8) is 0 Å². The van der Waals surface area contributed by atoms with Gasteiger partial charge in [-0.2, -0.15) is 0 Å². The number of ether oxygens (including phenoxy) is 1. The van der Waals surface area contributed by atoms with Crippen LogP contribution in [0.4, 0.5) is 11.5 Å². The van der Waals surface area contributed by atoms with E-state index in [9.17, 15) is 14.4 Å². The van der Waals surface area contributed by atoms with Gasteiger partial charge in [-0.15, -0.1) is 10.2 Å². The zero-order valence-corrected chi connectivity index (χ0v) is 27.9. The highest BCUT2D eigenvalue weighted by molar-refractivity contribution is 7.99. The van der Waals surface area contributed by atoms with Crippen LogP contribution in [0.3, 0.4) is 0 Å². The van der Waals surface area contributed by atoms with Gasteiger partial charge in [0, 0.05) is 30.8 Å². The van der Waals surface area contributed by atoms with Crippen LogP contribution in [0.5, 0.6) is 0 Å². The Balaban J connectivity index is 1.52. The maximum atomic E-state index is 14.0. The summed E-state index contributed by atoms with van der Waals surface area (Å²) in [5.74, 6) is 0.205. The van der Waals surface area contributed by atoms with Gasteiger partial charge < -0.3 is 15.4 Å². The molecule has 0 saturated carbocycles. The number of anilines is 2. The van der Waals surface area contributed by atoms with E-state index in [0.717, 1.165) is 22.4 Å². The van der Waals surface area contributed by atoms with E-state index in [0.29, 0.717) is 29.0 Å². The molecule has 0 unspecified atom stereocenters. The number of benzene rings is 3. The first-order valence-corrected chi connectivity index (χ1v) is 16.4. The minimum atomic E-state index is -0.744. The highest BCUT2D eigenvalue weighted by atomic mass is 35.5. The summed E-state index contributed by atoms with van der Waals surface area (Å²) in [5, 5.41) is 10.1. The predicted octanol–water partition coefficient (Wildman–Crippen LogP) is 5.35. The summed E-state index contributed by atoms with van der Waals surface area (Å²) in [6.07, 6.45) is 0.433. The van der Waals surface area contributed by atoms with Crippen LogP contribution in [0.15, 0.2) is 93.6 Å². The molecule has 2 heterocycles. The van der Waals surface area contributed by atoms with Crippen molar-refractivity contribution in [3.8, 4) is 17.1 Å². The molecular weight excluding hydrogens is 638 g/mol. The molecule has 0 fully saturated rings. The van der Waals surface area contributed by atoms with Crippen LogP contribution in [0.2, 0.25) is 5.02 Å². The lowest BCUT2D eigenvalue weighted by atomic mass is 10.0. The molecule has 0 aliphatic carbocycles. The Morgan fingerprint density at radius 3 is 2.43 bits per heavy atom. The maximum Gasteiger partial charge on any atom is 0.330 e. The molecule has 47 heavy (non-hydrogen) atoms. The smallest absolute Gasteiger partial charge is 0.330 e. The first-order valence-electron chi connectivity index (χ1n) is 15.1. The number of carbonyl (C=O) groups excluding carboxylic acids is 1. The number of rotatable bonds is 13. The molecule has 5 rings (SSSR count). The predicted molar refractivity (Wildman–Crippen MR) is 187 cm³/mol. The fourth-order valence-electron chi connectivity index (χ4n) is 5.24. The monoisotopic (exact) mass is 673 g/mol. The van der Waals surface area contributed by atoms with Crippen molar-refractivity contribution in [2.24, 2.45) is 0 Å². The number of H-pyrrole nitrogens is 1. The third kappa shape index (κ3) is 7.67. The van der Waals surface area contributed by atoms with E-state index in [-0.39, 0.29) is 36.3 Å². The zero-order chi connectivity index (χ0) is 33.5. The standard InChI is InChI=1S/C34H36ClN7O4S/c1-22(2)26-12-7-8-13-27(26)42-31(24-14-16-25(35)17-15-24)38-39-34(42)47-21-28(43)40(18-9-19-46-3)29-30(36)41(33(45)37-32(29)44)20-23-10-5-4-6-11-23/h4-8,10-17,22H,9,18-21,36H2,1-3H3,(H,37,44,45). The second-order valence-corrected chi connectivity index (χ2v) is 12.5. The molecule has 0 spiro atoms. The highest BCUT2D eigenvalue weighted by Gasteiger charge is 2.26. The van der Waals surface area contributed by atoms with E-state index < -0.39 is 17.2 Å². The number of amides is 1. The Kier molecular flexibility index (Phi) is 11.0. The van der Waals surface area contributed by atoms with Crippen LogP contribution < -0.4 is 21.9 Å². The van der Waals surface area contributed by atoms with Gasteiger partial charge in [0.1, 0.15) is 5.82 Å². The summed E-state index contributed by atoms with van der Waals surface area (Å²) in [7, 11) is 1.56. The van der Waals surface area contributed by atoms with Gasteiger partial charge in [-0.05, 0) is 53.8 Å². The van der Waals surface area contributed by atoms with Crippen molar-refractivity contribution in [2.75, 3.05) is 36.6 Å². The number of nitrogens with zero attached hydrogens (tertiary/aromatic N) is 5. The number of carbonyl (C=O) groups is 1. The Hall–Kier alpha value is -4.65. The summed E-state index contributed by atoms with van der Waals surface area (Å²) < 4.78 is 8.42. The quantitative estimate of drug-likeness (QED) is 0.126. The molecule has 0 saturated heterocycles. The number of nitrogen functional groups attached to an aromatic ring is 1. The lowest BCUT2D eigenvalue weighted by molar-refractivity contribution is -0.116. The topological polar surface area (TPSA) is 141 Å². The first-order chi connectivity index (χ1) is 22.7. The van der Waals surface area contributed by atoms with Gasteiger partial charge in [0.2, 0.25) is 5.91 Å².